The summed E-state index contributed by atoms with van der Waals surface area (Å²) in [5.74, 6) is 1.99. The summed E-state index contributed by atoms with van der Waals surface area (Å²) in [5.41, 5.74) is 5.11. The molecule has 2 heterocycles. The van der Waals surface area contributed by atoms with Gasteiger partial charge >= 0.3 is 6.55 Å². The number of carbonyl (C=O) groups excluding carboxylic acids is 1. The van der Waals surface area contributed by atoms with Gasteiger partial charge in [-0.1, -0.05) is 69.5 Å². The summed E-state index contributed by atoms with van der Waals surface area (Å²) in [6.07, 6.45) is 8.99. The van der Waals surface area contributed by atoms with E-state index in [1.807, 2.05) is 38.1 Å². The van der Waals surface area contributed by atoms with Crippen LogP contribution in [0.4, 0.5) is 13.2 Å². The zero-order valence-corrected chi connectivity index (χ0v) is 26.8. The van der Waals surface area contributed by atoms with Gasteiger partial charge in [0.15, 0.2) is 0 Å². The second-order valence-electron chi connectivity index (χ2n) is 12.6. The number of hydrogen-bond acceptors (Lipinski definition) is 2. The summed E-state index contributed by atoms with van der Waals surface area (Å²) in [7, 11) is 0. The second kappa shape index (κ2) is 14.5. The Morgan fingerprint density at radius 3 is 2.33 bits per heavy atom. The molecule has 0 radical (unpaired) electrons. The van der Waals surface area contributed by atoms with Gasteiger partial charge in [-0.3, -0.25) is 9.36 Å². The highest BCUT2D eigenvalue weighted by Crippen LogP contribution is 2.36. The third-order valence-corrected chi connectivity index (χ3v) is 9.28. The average molecular weight is 616 g/mol. The van der Waals surface area contributed by atoms with Crippen molar-refractivity contribution in [1.82, 2.24) is 14.5 Å². The summed E-state index contributed by atoms with van der Waals surface area (Å²) in [4.78, 5) is 19.6. The highest BCUT2D eigenvalue weighted by molar-refractivity contribution is 5.95. The predicted octanol–water partition coefficient (Wildman–Crippen LogP) is 10.2. The molecule has 1 amide bonds. The minimum Gasteiger partial charge on any atom is -0.339 e. The van der Waals surface area contributed by atoms with Gasteiger partial charge in [0.2, 0.25) is 0 Å². The first kappa shape index (κ1) is 32.5. The van der Waals surface area contributed by atoms with E-state index in [1.54, 1.807) is 41.3 Å². The molecule has 0 N–H and O–H groups in total. The Balaban J connectivity index is 0.000000436. The van der Waals surface area contributed by atoms with E-state index >= 15 is 0 Å². The summed E-state index contributed by atoms with van der Waals surface area (Å²) >= 11 is 0. The molecule has 45 heavy (non-hydrogen) atoms. The first-order valence-corrected chi connectivity index (χ1v) is 16.3. The van der Waals surface area contributed by atoms with Crippen molar-refractivity contribution in [2.75, 3.05) is 13.1 Å². The Hall–Kier alpha value is -3.87. The molecule has 1 unspecified atom stereocenters. The Morgan fingerprint density at radius 2 is 1.71 bits per heavy atom. The number of halogens is 3. The van der Waals surface area contributed by atoms with Gasteiger partial charge in [0.1, 0.15) is 11.6 Å². The van der Waals surface area contributed by atoms with E-state index < -0.39 is 6.55 Å². The standard InChI is InChI=1S/C30H28F3N3O.C8H16/c1-3-24(21-7-6-8-23(31)18-21)25-12-11-22(17-19(25)2)29(37)35-15-13-20(14-16-35)28-34-26-9-4-5-10-27(26)36(28)30(32)33;1-3-7(2)6-8-4-5-8/h3-12,17-18,20,30H,13-16H2,1-2H3;7-8H,3-6H2,1-2H3/b24-3-;. The lowest BCUT2D eigenvalue weighted by Gasteiger charge is -2.32. The van der Waals surface area contributed by atoms with Crippen LogP contribution >= 0.6 is 0 Å². The van der Waals surface area contributed by atoms with E-state index in [-0.39, 0.29) is 17.6 Å². The number of allylic oxidation sites excluding steroid dienone is 1. The van der Waals surface area contributed by atoms with Crippen molar-refractivity contribution >= 4 is 22.5 Å². The van der Waals surface area contributed by atoms with Crippen molar-refractivity contribution in [2.24, 2.45) is 11.8 Å². The third-order valence-electron chi connectivity index (χ3n) is 9.28. The number of likely N-dealkylation sites (tertiary alicyclic amines) is 1. The lowest BCUT2D eigenvalue weighted by atomic mass is 9.92. The monoisotopic (exact) mass is 615 g/mol. The zero-order valence-electron chi connectivity index (χ0n) is 26.8. The van der Waals surface area contributed by atoms with Crippen molar-refractivity contribution in [2.45, 2.75) is 78.7 Å². The van der Waals surface area contributed by atoms with Crippen molar-refractivity contribution in [3.8, 4) is 0 Å². The molecule has 4 nitrogen and oxygen atoms in total. The fourth-order valence-corrected chi connectivity index (χ4v) is 6.40. The summed E-state index contributed by atoms with van der Waals surface area (Å²) in [6.45, 7) is 6.77. The number of para-hydroxylation sites is 2. The first-order valence-electron chi connectivity index (χ1n) is 16.3. The third kappa shape index (κ3) is 7.69. The number of imidazole rings is 1. The van der Waals surface area contributed by atoms with Crippen molar-refractivity contribution in [3.05, 3.63) is 107 Å². The minimum atomic E-state index is -2.67. The number of piperidine rings is 1. The molecule has 4 aromatic rings. The fraction of sp³-hybridized carbons (Fsp3) is 0.421. The Bertz CT molecular complexity index is 1650. The first-order chi connectivity index (χ1) is 21.7. The number of aromatic nitrogens is 2. The van der Waals surface area contributed by atoms with Gasteiger partial charge in [0, 0.05) is 24.6 Å². The molecule has 238 valence electrons. The molecule has 2 aliphatic rings. The molecule has 7 heteroatoms. The molecule has 2 fully saturated rings. The number of aryl methyl sites for hydroxylation is 1. The normalized spacial score (nSPS) is 16.5. The van der Waals surface area contributed by atoms with Crippen LogP contribution in [0.2, 0.25) is 0 Å². The Morgan fingerprint density at radius 1 is 0.978 bits per heavy atom. The van der Waals surface area contributed by atoms with Crippen molar-refractivity contribution in [1.29, 1.82) is 0 Å². The highest BCUT2D eigenvalue weighted by atomic mass is 19.3. The molecule has 3 aromatic carbocycles. The minimum absolute atomic E-state index is 0.0803. The Kier molecular flexibility index (Phi) is 10.5. The van der Waals surface area contributed by atoms with Crippen LogP contribution in [-0.4, -0.2) is 33.4 Å². The van der Waals surface area contributed by atoms with Crippen LogP contribution in [0.1, 0.15) is 105 Å². The van der Waals surface area contributed by atoms with E-state index in [9.17, 15) is 18.0 Å². The molecule has 0 bridgehead atoms. The number of benzene rings is 3. The lowest BCUT2D eigenvalue weighted by molar-refractivity contribution is 0.0634. The van der Waals surface area contributed by atoms with Crippen LogP contribution in [0.25, 0.3) is 16.6 Å². The van der Waals surface area contributed by atoms with E-state index in [1.165, 1.54) is 37.8 Å². The van der Waals surface area contributed by atoms with Gasteiger partial charge in [0.25, 0.3) is 5.91 Å². The van der Waals surface area contributed by atoms with Crippen LogP contribution < -0.4 is 0 Å². The summed E-state index contributed by atoms with van der Waals surface area (Å²) in [6, 6.07) is 19.0. The van der Waals surface area contributed by atoms with Gasteiger partial charge in [-0.25, -0.2) is 9.37 Å². The van der Waals surface area contributed by atoms with Crippen LogP contribution in [0.5, 0.6) is 0 Å². The van der Waals surface area contributed by atoms with Crippen LogP contribution in [-0.2, 0) is 0 Å². The highest BCUT2D eigenvalue weighted by Gasteiger charge is 2.30. The maximum absolute atomic E-state index is 13.9. The van der Waals surface area contributed by atoms with Gasteiger partial charge in [-0.15, -0.1) is 0 Å². The zero-order chi connectivity index (χ0) is 32.1. The quantitative estimate of drug-likeness (QED) is 0.198. The molecule has 1 atom stereocenters. The number of hydrogen-bond donors (Lipinski definition) is 0. The SMILES string of the molecule is C/C=C(/c1cccc(F)c1)c1ccc(C(=O)N2CCC(c3nc4ccccc4n3C(F)F)CC2)cc1C.CCC(C)CC1CC1. The molecule has 1 saturated heterocycles. The number of rotatable bonds is 8. The number of nitrogens with zero attached hydrogens (tertiary/aromatic N) is 3. The van der Waals surface area contributed by atoms with Crippen LogP contribution in [0.15, 0.2) is 72.8 Å². The topological polar surface area (TPSA) is 38.1 Å². The van der Waals surface area contributed by atoms with Crippen molar-refractivity contribution in [3.63, 3.8) is 0 Å². The molecule has 6 rings (SSSR count). The van der Waals surface area contributed by atoms with Gasteiger partial charge in [0.05, 0.1) is 11.0 Å². The van der Waals surface area contributed by atoms with E-state index in [2.05, 4.69) is 18.8 Å². The van der Waals surface area contributed by atoms with Gasteiger partial charge < -0.3 is 4.90 Å². The number of carbonyl (C=O) groups is 1. The maximum atomic E-state index is 13.9. The number of amides is 1. The fourth-order valence-electron chi connectivity index (χ4n) is 6.40. The second-order valence-corrected chi connectivity index (χ2v) is 12.6. The maximum Gasteiger partial charge on any atom is 0.320 e. The molecular weight excluding hydrogens is 571 g/mol. The van der Waals surface area contributed by atoms with Crippen LogP contribution in [0, 0.1) is 24.6 Å². The molecule has 1 aliphatic carbocycles. The average Bonchev–Trinajstić information content (AvgIpc) is 3.77. The predicted molar refractivity (Wildman–Crippen MR) is 176 cm³/mol. The molecule has 1 saturated carbocycles. The summed E-state index contributed by atoms with van der Waals surface area (Å²) < 4.78 is 42.6. The molecular formula is C38H44F3N3O. The van der Waals surface area contributed by atoms with Crippen LogP contribution in [0.3, 0.4) is 0 Å². The lowest BCUT2D eigenvalue weighted by Crippen LogP contribution is -2.38. The van der Waals surface area contributed by atoms with Gasteiger partial charge in [-0.05, 0) is 104 Å². The van der Waals surface area contributed by atoms with E-state index in [0.29, 0.717) is 48.4 Å². The number of alkyl halides is 2. The van der Waals surface area contributed by atoms with Gasteiger partial charge in [-0.2, -0.15) is 8.78 Å². The number of fused-ring (bicyclic) bond motifs is 1. The smallest absolute Gasteiger partial charge is 0.320 e. The van der Waals surface area contributed by atoms with E-state index in [4.69, 9.17) is 0 Å². The summed E-state index contributed by atoms with van der Waals surface area (Å²) in [5, 5.41) is 0. The Labute approximate surface area is 265 Å². The molecule has 0 spiro atoms. The van der Waals surface area contributed by atoms with E-state index in [0.717, 1.165) is 38.7 Å². The molecule has 1 aliphatic heterocycles. The largest absolute Gasteiger partial charge is 0.339 e. The molecule has 1 aromatic heterocycles. The van der Waals surface area contributed by atoms with Crippen molar-refractivity contribution < 1.29 is 18.0 Å².